The van der Waals surface area contributed by atoms with Crippen LogP contribution in [0.25, 0.3) is 16.6 Å². The number of aryl methyl sites for hydroxylation is 1. The SMILES string of the molecule is Cc1cc(C(C)Nc2ccc(Cl)nc2Br)c2nc(N3CCN(C)CC3)n3cnnc3c2c1. The van der Waals surface area contributed by atoms with Crippen LogP contribution < -0.4 is 10.2 Å². The number of rotatable bonds is 4. The Morgan fingerprint density at radius 3 is 2.66 bits per heavy atom. The Hall–Kier alpha value is -2.49. The highest BCUT2D eigenvalue weighted by Gasteiger charge is 2.22. The molecule has 0 amide bonds. The summed E-state index contributed by atoms with van der Waals surface area (Å²) in [6.07, 6.45) is 1.76. The van der Waals surface area contributed by atoms with Crippen molar-refractivity contribution in [1.29, 1.82) is 0 Å². The molecule has 1 aliphatic heterocycles. The Bertz CT molecular complexity index is 1300. The number of aromatic nitrogens is 5. The number of pyridine rings is 1. The Kier molecular flexibility index (Phi) is 5.65. The molecule has 32 heavy (non-hydrogen) atoms. The molecule has 1 atom stereocenters. The molecule has 1 fully saturated rings. The zero-order valence-corrected chi connectivity index (χ0v) is 20.5. The molecule has 0 aliphatic carbocycles. The van der Waals surface area contributed by atoms with Gasteiger partial charge in [0.1, 0.15) is 16.1 Å². The molecule has 0 spiro atoms. The van der Waals surface area contributed by atoms with Crippen LogP contribution in [-0.4, -0.2) is 62.7 Å². The lowest BCUT2D eigenvalue weighted by Gasteiger charge is -2.33. The molecule has 8 nitrogen and oxygen atoms in total. The van der Waals surface area contributed by atoms with Gasteiger partial charge >= 0.3 is 0 Å². The Morgan fingerprint density at radius 1 is 1.12 bits per heavy atom. The Morgan fingerprint density at radius 2 is 1.91 bits per heavy atom. The molecule has 0 saturated carbocycles. The number of halogens is 2. The van der Waals surface area contributed by atoms with Gasteiger partial charge in [-0.3, -0.25) is 4.40 Å². The minimum Gasteiger partial charge on any atom is -0.376 e. The van der Waals surface area contributed by atoms with E-state index in [0.29, 0.717) is 9.76 Å². The summed E-state index contributed by atoms with van der Waals surface area (Å²) in [4.78, 5) is 14.1. The van der Waals surface area contributed by atoms with Gasteiger partial charge in [0.15, 0.2) is 5.65 Å². The molecule has 10 heteroatoms. The van der Waals surface area contributed by atoms with Crippen molar-refractivity contribution in [2.24, 2.45) is 0 Å². The second kappa shape index (κ2) is 8.46. The fourth-order valence-electron chi connectivity index (χ4n) is 4.21. The van der Waals surface area contributed by atoms with Crippen molar-refractivity contribution in [3.63, 3.8) is 0 Å². The van der Waals surface area contributed by atoms with Gasteiger partial charge in [0.2, 0.25) is 5.95 Å². The van der Waals surface area contributed by atoms with Crippen LogP contribution in [0.4, 0.5) is 11.6 Å². The maximum absolute atomic E-state index is 6.01. The summed E-state index contributed by atoms with van der Waals surface area (Å²) < 4.78 is 2.69. The van der Waals surface area contributed by atoms with Gasteiger partial charge in [0.25, 0.3) is 0 Å². The van der Waals surface area contributed by atoms with Crippen molar-refractivity contribution in [3.05, 3.63) is 51.5 Å². The van der Waals surface area contributed by atoms with Crippen molar-refractivity contribution in [1.82, 2.24) is 29.5 Å². The van der Waals surface area contributed by atoms with Crippen LogP contribution in [-0.2, 0) is 0 Å². The first kappa shape index (κ1) is 21.4. The Balaban J connectivity index is 1.63. The average Bonchev–Trinajstić information content (AvgIpc) is 3.26. The smallest absolute Gasteiger partial charge is 0.213 e. The number of nitrogens with zero attached hydrogens (tertiary/aromatic N) is 7. The number of nitrogens with one attached hydrogen (secondary N) is 1. The van der Waals surface area contributed by atoms with Gasteiger partial charge in [-0.2, -0.15) is 0 Å². The summed E-state index contributed by atoms with van der Waals surface area (Å²) in [6, 6.07) is 8.00. The molecule has 1 unspecified atom stereocenters. The zero-order valence-electron chi connectivity index (χ0n) is 18.2. The van der Waals surface area contributed by atoms with Crippen molar-refractivity contribution < 1.29 is 0 Å². The largest absolute Gasteiger partial charge is 0.376 e. The van der Waals surface area contributed by atoms with Gasteiger partial charge in [0, 0.05) is 37.1 Å². The first-order valence-corrected chi connectivity index (χ1v) is 11.7. The predicted molar refractivity (Wildman–Crippen MR) is 132 cm³/mol. The normalized spacial score (nSPS) is 16.1. The topological polar surface area (TPSA) is 74.5 Å². The van der Waals surface area contributed by atoms with Crippen molar-refractivity contribution in [2.45, 2.75) is 19.9 Å². The van der Waals surface area contributed by atoms with E-state index in [2.05, 4.69) is 79.3 Å². The summed E-state index contributed by atoms with van der Waals surface area (Å²) >= 11 is 9.51. The number of anilines is 2. The van der Waals surface area contributed by atoms with E-state index in [0.717, 1.165) is 65.5 Å². The summed E-state index contributed by atoms with van der Waals surface area (Å²) in [5, 5.41) is 13.7. The minimum absolute atomic E-state index is 0.0186. The summed E-state index contributed by atoms with van der Waals surface area (Å²) in [5.41, 5.74) is 4.88. The number of likely N-dealkylation sites (N-methyl/N-ethyl adjacent to an activating group) is 1. The molecule has 0 bridgehead atoms. The van der Waals surface area contributed by atoms with Crippen LogP contribution in [0.2, 0.25) is 5.15 Å². The maximum Gasteiger partial charge on any atom is 0.213 e. The first-order chi connectivity index (χ1) is 15.4. The van der Waals surface area contributed by atoms with Gasteiger partial charge in [-0.25, -0.2) is 9.97 Å². The Labute approximate surface area is 199 Å². The number of fused-ring (bicyclic) bond motifs is 3. The molecular formula is C22H24BrClN8. The van der Waals surface area contributed by atoms with E-state index in [-0.39, 0.29) is 6.04 Å². The number of piperazine rings is 1. The summed E-state index contributed by atoms with van der Waals surface area (Å²) in [6.45, 7) is 8.05. The highest BCUT2D eigenvalue weighted by atomic mass is 79.9. The third-order valence-electron chi connectivity index (χ3n) is 5.94. The molecule has 1 N–H and O–H groups in total. The van der Waals surface area contributed by atoms with Crippen molar-refractivity contribution in [2.75, 3.05) is 43.4 Å². The average molecular weight is 516 g/mol. The van der Waals surface area contributed by atoms with E-state index in [1.54, 1.807) is 12.4 Å². The van der Waals surface area contributed by atoms with Crippen LogP contribution in [0.15, 0.2) is 35.2 Å². The van der Waals surface area contributed by atoms with E-state index in [1.807, 2.05) is 10.5 Å². The molecule has 1 saturated heterocycles. The highest BCUT2D eigenvalue weighted by molar-refractivity contribution is 9.10. The van der Waals surface area contributed by atoms with Gasteiger partial charge < -0.3 is 15.1 Å². The van der Waals surface area contributed by atoms with Gasteiger partial charge in [-0.05, 0) is 60.6 Å². The van der Waals surface area contributed by atoms with Crippen LogP contribution in [0.5, 0.6) is 0 Å². The zero-order chi connectivity index (χ0) is 22.4. The lowest BCUT2D eigenvalue weighted by atomic mass is 10.0. The molecule has 4 heterocycles. The van der Waals surface area contributed by atoms with E-state index >= 15 is 0 Å². The fraction of sp³-hybridized carbons (Fsp3) is 0.364. The van der Waals surface area contributed by atoms with Crippen LogP contribution in [0, 0.1) is 6.92 Å². The lowest BCUT2D eigenvalue weighted by molar-refractivity contribution is 0.311. The molecule has 0 radical (unpaired) electrons. The fourth-order valence-corrected chi connectivity index (χ4v) is 4.90. The van der Waals surface area contributed by atoms with Gasteiger partial charge in [-0.1, -0.05) is 17.7 Å². The maximum atomic E-state index is 6.01. The third-order valence-corrected chi connectivity index (χ3v) is 6.75. The summed E-state index contributed by atoms with van der Waals surface area (Å²) in [7, 11) is 2.15. The second-order valence-electron chi connectivity index (χ2n) is 8.32. The van der Waals surface area contributed by atoms with Crippen LogP contribution in [0.1, 0.15) is 24.1 Å². The number of hydrogen-bond acceptors (Lipinski definition) is 7. The van der Waals surface area contributed by atoms with E-state index in [1.165, 1.54) is 0 Å². The minimum atomic E-state index is -0.0186. The molecule has 3 aromatic heterocycles. The lowest BCUT2D eigenvalue weighted by Crippen LogP contribution is -2.45. The summed E-state index contributed by atoms with van der Waals surface area (Å²) in [5.74, 6) is 0.886. The monoisotopic (exact) mass is 514 g/mol. The number of benzene rings is 1. The van der Waals surface area contributed by atoms with Crippen LogP contribution in [0.3, 0.4) is 0 Å². The number of hydrogen-bond donors (Lipinski definition) is 1. The van der Waals surface area contributed by atoms with Gasteiger partial charge in [0.05, 0.1) is 17.2 Å². The molecule has 5 rings (SSSR count). The quantitative estimate of drug-likeness (QED) is 0.406. The third kappa shape index (κ3) is 3.89. The van der Waals surface area contributed by atoms with E-state index in [4.69, 9.17) is 16.6 Å². The van der Waals surface area contributed by atoms with Crippen LogP contribution >= 0.6 is 27.5 Å². The molecule has 1 aromatic carbocycles. The highest BCUT2D eigenvalue weighted by Crippen LogP contribution is 2.33. The van der Waals surface area contributed by atoms with E-state index < -0.39 is 0 Å². The van der Waals surface area contributed by atoms with Crippen molar-refractivity contribution >= 4 is 55.7 Å². The molecular weight excluding hydrogens is 492 g/mol. The second-order valence-corrected chi connectivity index (χ2v) is 9.45. The first-order valence-electron chi connectivity index (χ1n) is 10.6. The van der Waals surface area contributed by atoms with Gasteiger partial charge in [-0.15, -0.1) is 10.2 Å². The standard InChI is InChI=1S/C22H24BrClN8/c1-13-10-15(14(2)26-17-4-5-18(24)27-20(17)23)19-16(11-13)21-29-25-12-32(21)22(28-19)31-8-6-30(3)7-9-31/h4-5,10-12,14,26H,6-9H2,1-3H3. The predicted octanol–water partition coefficient (Wildman–Crippen LogP) is 4.32. The molecule has 1 aliphatic rings. The van der Waals surface area contributed by atoms with Crippen molar-refractivity contribution in [3.8, 4) is 0 Å². The molecule has 166 valence electrons. The molecule has 4 aromatic rings. The van der Waals surface area contributed by atoms with E-state index in [9.17, 15) is 0 Å².